The number of rotatable bonds is 9. The number of hydrogen-bond donors (Lipinski definition) is 3. The molecule has 0 aliphatic carbocycles. The summed E-state index contributed by atoms with van der Waals surface area (Å²) in [7, 11) is 1.70. The van der Waals surface area contributed by atoms with Crippen molar-refractivity contribution in [1.82, 2.24) is 16.0 Å². The molecule has 0 radical (unpaired) electrons. The highest BCUT2D eigenvalue weighted by atomic mass is 16.5. The molecule has 3 N–H and O–H groups in total. The van der Waals surface area contributed by atoms with E-state index in [0.717, 1.165) is 13.0 Å². The lowest BCUT2D eigenvalue weighted by molar-refractivity contribution is -0.120. The van der Waals surface area contributed by atoms with Crippen LogP contribution >= 0.6 is 0 Å². The number of guanidine groups is 1. The maximum absolute atomic E-state index is 11.3. The number of nitrogens with one attached hydrogen (secondary N) is 3. The van der Waals surface area contributed by atoms with Crippen molar-refractivity contribution in [3.8, 4) is 0 Å². The van der Waals surface area contributed by atoms with Gasteiger partial charge in [-0.3, -0.25) is 9.79 Å². The van der Waals surface area contributed by atoms with Crippen LogP contribution in [0.3, 0.4) is 0 Å². The van der Waals surface area contributed by atoms with Crippen molar-refractivity contribution in [3.63, 3.8) is 0 Å². The lowest BCUT2D eigenvalue weighted by Crippen LogP contribution is -2.40. The van der Waals surface area contributed by atoms with Crippen molar-refractivity contribution >= 4 is 11.9 Å². The zero-order valence-electron chi connectivity index (χ0n) is 11.7. The van der Waals surface area contributed by atoms with Crippen molar-refractivity contribution in [1.29, 1.82) is 0 Å². The Balaban J connectivity index is 3.58. The molecule has 0 bridgehead atoms. The molecule has 0 rings (SSSR count). The molecule has 106 valence electrons. The zero-order valence-corrected chi connectivity index (χ0v) is 11.7. The molecule has 0 aliphatic heterocycles. The molecule has 0 saturated carbocycles. The first-order chi connectivity index (χ1) is 8.74. The quantitative estimate of drug-likeness (QED) is 0.312. The second-order valence-electron chi connectivity index (χ2n) is 3.72. The van der Waals surface area contributed by atoms with E-state index in [2.05, 4.69) is 20.9 Å². The number of ether oxygens (including phenoxy) is 1. The van der Waals surface area contributed by atoms with Crippen LogP contribution in [0.4, 0.5) is 0 Å². The smallest absolute Gasteiger partial charge is 0.221 e. The molecule has 0 spiro atoms. The SMILES string of the molecule is CCCNC(=O)CCNC(=NC)NCCOCC. The van der Waals surface area contributed by atoms with E-state index in [-0.39, 0.29) is 5.91 Å². The van der Waals surface area contributed by atoms with Gasteiger partial charge in [-0.15, -0.1) is 0 Å². The van der Waals surface area contributed by atoms with Gasteiger partial charge >= 0.3 is 0 Å². The Morgan fingerprint density at radius 3 is 2.44 bits per heavy atom. The molecule has 0 aromatic rings. The fourth-order valence-electron chi connectivity index (χ4n) is 1.25. The molecule has 6 heteroatoms. The molecule has 0 aromatic heterocycles. The Hall–Kier alpha value is -1.30. The van der Waals surface area contributed by atoms with Crippen LogP contribution in [0.2, 0.25) is 0 Å². The fraction of sp³-hybridized carbons (Fsp3) is 0.833. The molecule has 6 nitrogen and oxygen atoms in total. The molecule has 0 aromatic carbocycles. The minimum atomic E-state index is 0.0640. The van der Waals surface area contributed by atoms with Crippen LogP contribution < -0.4 is 16.0 Å². The van der Waals surface area contributed by atoms with E-state index in [4.69, 9.17) is 4.74 Å². The predicted molar refractivity (Wildman–Crippen MR) is 73.8 cm³/mol. The summed E-state index contributed by atoms with van der Waals surface area (Å²) in [5.41, 5.74) is 0. The van der Waals surface area contributed by atoms with E-state index in [0.29, 0.717) is 38.7 Å². The summed E-state index contributed by atoms with van der Waals surface area (Å²) in [6, 6.07) is 0. The summed E-state index contributed by atoms with van der Waals surface area (Å²) in [6.45, 7) is 7.36. The van der Waals surface area contributed by atoms with Crippen molar-refractivity contribution in [2.75, 3.05) is 39.9 Å². The predicted octanol–water partition coefficient (Wildman–Crippen LogP) is 0.104. The highest BCUT2D eigenvalue weighted by molar-refractivity contribution is 5.81. The van der Waals surface area contributed by atoms with Crippen molar-refractivity contribution in [2.24, 2.45) is 4.99 Å². The summed E-state index contributed by atoms with van der Waals surface area (Å²) in [6.07, 6.45) is 1.41. The molecule has 0 fully saturated rings. The molecule has 0 saturated heterocycles. The van der Waals surface area contributed by atoms with Gasteiger partial charge in [0, 0.05) is 39.7 Å². The van der Waals surface area contributed by atoms with Gasteiger partial charge in [0.15, 0.2) is 5.96 Å². The average molecular weight is 258 g/mol. The summed E-state index contributed by atoms with van der Waals surface area (Å²) in [4.78, 5) is 15.4. The third kappa shape index (κ3) is 9.89. The van der Waals surface area contributed by atoms with E-state index in [1.807, 2.05) is 13.8 Å². The van der Waals surface area contributed by atoms with Crippen molar-refractivity contribution in [2.45, 2.75) is 26.7 Å². The van der Waals surface area contributed by atoms with E-state index < -0.39 is 0 Å². The van der Waals surface area contributed by atoms with Crippen LogP contribution in [0.5, 0.6) is 0 Å². The van der Waals surface area contributed by atoms with Crippen LogP contribution in [0.25, 0.3) is 0 Å². The normalized spacial score (nSPS) is 11.2. The summed E-state index contributed by atoms with van der Waals surface area (Å²) < 4.78 is 5.21. The summed E-state index contributed by atoms with van der Waals surface area (Å²) in [5, 5.41) is 9.00. The number of amides is 1. The van der Waals surface area contributed by atoms with Gasteiger partial charge in [-0.05, 0) is 13.3 Å². The van der Waals surface area contributed by atoms with Gasteiger partial charge < -0.3 is 20.7 Å². The Morgan fingerprint density at radius 2 is 1.83 bits per heavy atom. The second-order valence-corrected chi connectivity index (χ2v) is 3.72. The average Bonchev–Trinajstić information content (AvgIpc) is 2.39. The summed E-state index contributed by atoms with van der Waals surface area (Å²) in [5.74, 6) is 0.757. The number of carbonyl (C=O) groups is 1. The van der Waals surface area contributed by atoms with Crippen LogP contribution in [-0.2, 0) is 9.53 Å². The Bertz CT molecular complexity index is 244. The highest BCUT2D eigenvalue weighted by Gasteiger charge is 2.01. The van der Waals surface area contributed by atoms with E-state index >= 15 is 0 Å². The number of carbonyl (C=O) groups excluding carboxylic acids is 1. The molecule has 0 unspecified atom stereocenters. The number of aliphatic imine (C=N–C) groups is 1. The molecular weight excluding hydrogens is 232 g/mol. The van der Waals surface area contributed by atoms with E-state index in [1.54, 1.807) is 7.05 Å². The lowest BCUT2D eigenvalue weighted by Gasteiger charge is -2.11. The van der Waals surface area contributed by atoms with Crippen molar-refractivity contribution < 1.29 is 9.53 Å². The minimum absolute atomic E-state index is 0.0640. The molecule has 0 aliphatic rings. The molecule has 1 amide bonds. The van der Waals surface area contributed by atoms with Crippen LogP contribution in [0, 0.1) is 0 Å². The van der Waals surface area contributed by atoms with Crippen LogP contribution in [0.15, 0.2) is 4.99 Å². The van der Waals surface area contributed by atoms with E-state index in [9.17, 15) is 4.79 Å². The minimum Gasteiger partial charge on any atom is -0.380 e. The molecule has 0 atom stereocenters. The van der Waals surface area contributed by atoms with Gasteiger partial charge in [0.05, 0.1) is 6.61 Å². The largest absolute Gasteiger partial charge is 0.380 e. The van der Waals surface area contributed by atoms with Gasteiger partial charge in [-0.2, -0.15) is 0 Å². The van der Waals surface area contributed by atoms with Gasteiger partial charge in [0.1, 0.15) is 0 Å². The monoisotopic (exact) mass is 258 g/mol. The fourth-order valence-corrected chi connectivity index (χ4v) is 1.25. The second kappa shape index (κ2) is 12.2. The van der Waals surface area contributed by atoms with Crippen molar-refractivity contribution in [3.05, 3.63) is 0 Å². The van der Waals surface area contributed by atoms with Gasteiger partial charge in [-0.1, -0.05) is 6.92 Å². The summed E-state index contributed by atoms with van der Waals surface area (Å²) >= 11 is 0. The van der Waals surface area contributed by atoms with Gasteiger partial charge in [0.2, 0.25) is 5.91 Å². The molecule has 18 heavy (non-hydrogen) atoms. The third-order valence-electron chi connectivity index (χ3n) is 2.18. The standard InChI is InChI=1S/C12H26N4O2/c1-4-7-14-11(17)6-8-15-12(13-3)16-9-10-18-5-2/h4-10H2,1-3H3,(H,14,17)(H2,13,15,16). The van der Waals surface area contributed by atoms with E-state index in [1.165, 1.54) is 0 Å². The first-order valence-corrected chi connectivity index (χ1v) is 6.53. The Kier molecular flexibility index (Phi) is 11.3. The topological polar surface area (TPSA) is 74.8 Å². The third-order valence-corrected chi connectivity index (χ3v) is 2.18. The molecular formula is C12H26N4O2. The first-order valence-electron chi connectivity index (χ1n) is 6.53. The van der Waals surface area contributed by atoms with Crippen LogP contribution in [-0.4, -0.2) is 51.8 Å². The molecule has 0 heterocycles. The Labute approximate surface area is 110 Å². The Morgan fingerprint density at radius 1 is 1.11 bits per heavy atom. The van der Waals surface area contributed by atoms with Gasteiger partial charge in [0.25, 0.3) is 0 Å². The first kappa shape index (κ1) is 16.7. The number of nitrogens with zero attached hydrogens (tertiary/aromatic N) is 1. The maximum atomic E-state index is 11.3. The highest BCUT2D eigenvalue weighted by Crippen LogP contribution is 1.80. The lowest BCUT2D eigenvalue weighted by atomic mass is 10.4. The zero-order chi connectivity index (χ0) is 13.6. The van der Waals surface area contributed by atoms with Gasteiger partial charge in [-0.25, -0.2) is 0 Å². The number of hydrogen-bond acceptors (Lipinski definition) is 3. The van der Waals surface area contributed by atoms with Crippen LogP contribution in [0.1, 0.15) is 26.7 Å². The maximum Gasteiger partial charge on any atom is 0.221 e.